The summed E-state index contributed by atoms with van der Waals surface area (Å²) in [7, 11) is -2.70. The fourth-order valence-electron chi connectivity index (χ4n) is 6.15. The Labute approximate surface area is 260 Å². The first-order valence-electron chi connectivity index (χ1n) is 14.5. The van der Waals surface area contributed by atoms with Gasteiger partial charge in [0.15, 0.2) is 0 Å². The molecule has 2 aromatic heterocycles. The summed E-state index contributed by atoms with van der Waals surface area (Å²) in [5.41, 5.74) is 5.07. The quantitative estimate of drug-likeness (QED) is 0.195. The van der Waals surface area contributed by atoms with E-state index < -0.39 is 28.1 Å². The lowest BCUT2D eigenvalue weighted by molar-refractivity contribution is -0.143. The van der Waals surface area contributed by atoms with Gasteiger partial charge in [0, 0.05) is 46.2 Å². The number of ether oxygens (including phenoxy) is 2. The fraction of sp³-hybridized carbons (Fsp3) is 0.171. The molecule has 3 N–H and O–H groups in total. The predicted octanol–water partition coefficient (Wildman–Crippen LogP) is 5.73. The van der Waals surface area contributed by atoms with Crippen LogP contribution in [-0.2, 0) is 32.6 Å². The first kappa shape index (κ1) is 28.7. The molecule has 10 heteroatoms. The third-order valence-electron chi connectivity index (χ3n) is 8.42. The van der Waals surface area contributed by atoms with Crippen molar-refractivity contribution in [3.05, 3.63) is 125 Å². The summed E-state index contributed by atoms with van der Waals surface area (Å²) in [5, 5.41) is 16.1. The van der Waals surface area contributed by atoms with Crippen molar-refractivity contribution in [1.29, 1.82) is 0 Å². The number of phenolic OH excluding ortho intramolecular Hbond substituents is 1. The smallest absolute Gasteiger partial charge is 0.323 e. The van der Waals surface area contributed by atoms with Gasteiger partial charge >= 0.3 is 5.97 Å². The van der Waals surface area contributed by atoms with Crippen LogP contribution >= 0.6 is 0 Å². The van der Waals surface area contributed by atoms with Crippen molar-refractivity contribution in [1.82, 2.24) is 14.3 Å². The second kappa shape index (κ2) is 11.1. The molecule has 1 unspecified atom stereocenters. The molecule has 3 heterocycles. The van der Waals surface area contributed by atoms with E-state index in [9.17, 15) is 18.3 Å². The standard InChI is InChI=1S/C35H31N3O6S/c1-21-8-11-25(12-9-21)45(41,42)38-19-27(26-17-24(10-14-30(26)38)44-20-22-6-4-3-5-7-22)34-33-31(39)15-13-28-32(33)23(18-36-28)16-29(37-34)35(40)43-2/h3-15,17-19,29,34,36-37,39H,16,20H2,1-2H3/t29-,34?/m0/s1. The molecule has 1 aliphatic heterocycles. The molecule has 228 valence electrons. The van der Waals surface area contributed by atoms with Gasteiger partial charge in [0.25, 0.3) is 10.0 Å². The van der Waals surface area contributed by atoms with Crippen LogP contribution in [0.2, 0.25) is 0 Å². The van der Waals surface area contributed by atoms with Crippen LogP contribution in [0.1, 0.15) is 33.9 Å². The van der Waals surface area contributed by atoms with Gasteiger partial charge in [-0.1, -0.05) is 48.0 Å². The van der Waals surface area contributed by atoms with E-state index in [1.807, 2.05) is 49.5 Å². The SMILES string of the molecule is COC(=O)[C@@H]1Cc2c[nH]c3ccc(O)c(c23)C(c2cn(S(=O)(=O)c3ccc(C)cc3)c3ccc(OCc4ccccc4)cc23)N1. The second-order valence-corrected chi connectivity index (χ2v) is 13.1. The number of hydrogen-bond acceptors (Lipinski definition) is 7. The normalized spacial score (nSPS) is 16.5. The molecule has 1 aliphatic rings. The summed E-state index contributed by atoms with van der Waals surface area (Å²) >= 11 is 0. The molecular weight excluding hydrogens is 590 g/mol. The number of aromatic nitrogens is 2. The van der Waals surface area contributed by atoms with Crippen LogP contribution < -0.4 is 10.1 Å². The molecular formula is C35H31N3O6S. The number of nitrogens with one attached hydrogen (secondary N) is 2. The Bertz CT molecular complexity index is 2170. The van der Waals surface area contributed by atoms with Gasteiger partial charge in [0.05, 0.1) is 23.6 Å². The Morgan fingerprint density at radius 3 is 2.56 bits per heavy atom. The highest BCUT2D eigenvalue weighted by molar-refractivity contribution is 7.90. The minimum absolute atomic E-state index is 0.0186. The number of esters is 1. The molecule has 0 amide bonds. The third-order valence-corrected chi connectivity index (χ3v) is 10.1. The summed E-state index contributed by atoms with van der Waals surface area (Å²) < 4.78 is 40.8. The monoisotopic (exact) mass is 621 g/mol. The van der Waals surface area contributed by atoms with Crippen LogP contribution in [-0.4, -0.2) is 41.6 Å². The predicted molar refractivity (Wildman–Crippen MR) is 171 cm³/mol. The molecule has 4 aromatic carbocycles. The number of fused-ring (bicyclic) bond motifs is 1. The average molecular weight is 622 g/mol. The highest BCUT2D eigenvalue weighted by Crippen LogP contribution is 2.43. The fourth-order valence-corrected chi connectivity index (χ4v) is 7.53. The first-order chi connectivity index (χ1) is 21.7. The van der Waals surface area contributed by atoms with Crippen molar-refractivity contribution in [2.45, 2.75) is 36.9 Å². The highest BCUT2D eigenvalue weighted by Gasteiger charge is 2.35. The Hall–Kier alpha value is -5.06. The number of carbonyl (C=O) groups is 1. The van der Waals surface area contributed by atoms with Crippen molar-refractivity contribution < 1.29 is 27.8 Å². The topological polar surface area (TPSA) is 123 Å². The van der Waals surface area contributed by atoms with E-state index >= 15 is 0 Å². The molecule has 0 spiro atoms. The molecule has 0 radical (unpaired) electrons. The maximum Gasteiger partial charge on any atom is 0.323 e. The maximum atomic E-state index is 14.1. The number of aromatic hydroxyl groups is 1. The van der Waals surface area contributed by atoms with Gasteiger partial charge in [-0.15, -0.1) is 0 Å². The zero-order chi connectivity index (χ0) is 31.3. The van der Waals surface area contributed by atoms with Gasteiger partial charge in [-0.05, 0) is 60.5 Å². The van der Waals surface area contributed by atoms with E-state index in [0.29, 0.717) is 40.8 Å². The molecule has 7 rings (SSSR count). The lowest BCUT2D eigenvalue weighted by Crippen LogP contribution is -2.40. The largest absolute Gasteiger partial charge is 0.508 e. The second-order valence-electron chi connectivity index (χ2n) is 11.3. The van der Waals surface area contributed by atoms with Crippen molar-refractivity contribution in [3.8, 4) is 11.5 Å². The number of H-pyrrole nitrogens is 1. The number of benzene rings is 4. The minimum Gasteiger partial charge on any atom is -0.508 e. The van der Waals surface area contributed by atoms with Crippen LogP contribution in [0.5, 0.6) is 11.5 Å². The number of rotatable bonds is 7. The molecule has 2 atom stereocenters. The molecule has 0 saturated carbocycles. The lowest BCUT2D eigenvalue weighted by Gasteiger charge is -2.23. The lowest BCUT2D eigenvalue weighted by atomic mass is 9.94. The van der Waals surface area contributed by atoms with Gasteiger partial charge in [0.2, 0.25) is 0 Å². The molecule has 0 fully saturated rings. The Balaban J connectivity index is 1.45. The molecule has 45 heavy (non-hydrogen) atoms. The summed E-state index contributed by atoms with van der Waals surface area (Å²) in [6.45, 7) is 2.22. The summed E-state index contributed by atoms with van der Waals surface area (Å²) in [6, 6.07) is 23.6. The maximum absolute atomic E-state index is 14.1. The van der Waals surface area contributed by atoms with Crippen LogP contribution in [0.3, 0.4) is 0 Å². The van der Waals surface area contributed by atoms with Crippen LogP contribution in [0.25, 0.3) is 21.8 Å². The number of hydrogen-bond donors (Lipinski definition) is 3. The number of carbonyl (C=O) groups excluding carboxylic acids is 1. The molecule has 0 saturated heterocycles. The van der Waals surface area contributed by atoms with Gasteiger partial charge in [0.1, 0.15) is 24.1 Å². The highest BCUT2D eigenvalue weighted by atomic mass is 32.2. The Morgan fingerprint density at radius 2 is 1.80 bits per heavy atom. The van der Waals surface area contributed by atoms with Gasteiger partial charge in [-0.25, -0.2) is 12.4 Å². The van der Waals surface area contributed by atoms with Crippen molar-refractivity contribution in [2.24, 2.45) is 0 Å². The van der Waals surface area contributed by atoms with E-state index in [4.69, 9.17) is 9.47 Å². The Kier molecular flexibility index (Phi) is 7.10. The molecule has 0 aliphatic carbocycles. The average Bonchev–Trinajstić information content (AvgIpc) is 3.59. The zero-order valence-electron chi connectivity index (χ0n) is 24.7. The number of nitrogens with zero attached hydrogens (tertiary/aromatic N) is 1. The van der Waals surface area contributed by atoms with Crippen LogP contribution in [0.15, 0.2) is 102 Å². The van der Waals surface area contributed by atoms with E-state index in [1.165, 1.54) is 11.1 Å². The van der Waals surface area contributed by atoms with Gasteiger partial charge in [-0.3, -0.25) is 10.1 Å². The van der Waals surface area contributed by atoms with Gasteiger partial charge < -0.3 is 19.6 Å². The van der Waals surface area contributed by atoms with E-state index in [0.717, 1.165) is 27.6 Å². The van der Waals surface area contributed by atoms with E-state index in [-0.39, 0.29) is 10.6 Å². The molecule has 9 nitrogen and oxygen atoms in total. The number of aromatic amines is 1. The van der Waals surface area contributed by atoms with Crippen LogP contribution in [0.4, 0.5) is 0 Å². The Morgan fingerprint density at radius 1 is 1.02 bits per heavy atom. The number of aryl methyl sites for hydroxylation is 1. The van der Waals surface area contributed by atoms with Crippen molar-refractivity contribution in [2.75, 3.05) is 7.11 Å². The van der Waals surface area contributed by atoms with Crippen LogP contribution in [0, 0.1) is 6.92 Å². The summed E-state index contributed by atoms with van der Waals surface area (Å²) in [6.07, 6.45) is 3.71. The molecule has 0 bridgehead atoms. The third kappa shape index (κ3) is 5.01. The zero-order valence-corrected chi connectivity index (χ0v) is 25.5. The minimum atomic E-state index is -4.04. The summed E-state index contributed by atoms with van der Waals surface area (Å²) in [5.74, 6) is 0.0932. The summed E-state index contributed by atoms with van der Waals surface area (Å²) in [4.78, 5) is 16.4. The molecule has 6 aromatic rings. The van der Waals surface area contributed by atoms with E-state index in [1.54, 1.807) is 54.7 Å². The number of methoxy groups -OCH3 is 1. The van der Waals surface area contributed by atoms with E-state index in [2.05, 4.69) is 10.3 Å². The number of phenols is 1. The first-order valence-corrected chi connectivity index (χ1v) is 16.0. The van der Waals surface area contributed by atoms with Gasteiger partial charge in [-0.2, -0.15) is 0 Å². The van der Waals surface area contributed by atoms with Crippen molar-refractivity contribution in [3.63, 3.8) is 0 Å². The van der Waals surface area contributed by atoms with Crippen molar-refractivity contribution >= 4 is 37.8 Å².